The number of rotatable bonds is 5. The van der Waals surface area contributed by atoms with Crippen LogP contribution in [-0.2, 0) is 11.2 Å². The van der Waals surface area contributed by atoms with E-state index < -0.39 is 0 Å². The summed E-state index contributed by atoms with van der Waals surface area (Å²) in [7, 11) is 0. The molecule has 0 unspecified atom stereocenters. The van der Waals surface area contributed by atoms with Gasteiger partial charge < -0.3 is 16.0 Å². The van der Waals surface area contributed by atoms with E-state index in [1.165, 1.54) is 12.5 Å². The Kier molecular flexibility index (Phi) is 6.14. The van der Waals surface area contributed by atoms with Crippen LogP contribution in [0.15, 0.2) is 24.3 Å². The molecule has 18 heavy (non-hydrogen) atoms. The number of benzene rings is 1. The van der Waals surface area contributed by atoms with Gasteiger partial charge in [0, 0.05) is 25.7 Å². The molecule has 1 rings (SSSR count). The summed E-state index contributed by atoms with van der Waals surface area (Å²) < 4.78 is 0. The first kappa shape index (κ1) is 14.4. The monoisotopic (exact) mass is 265 g/mol. The third-order valence-corrected chi connectivity index (χ3v) is 2.65. The second kappa shape index (κ2) is 7.66. The van der Waals surface area contributed by atoms with Crippen LogP contribution >= 0.6 is 12.2 Å². The Balaban J connectivity index is 2.28. The molecule has 0 atom stereocenters. The standard InChI is InChI=1S/C13H19N3OS/c1-3-11-4-6-12(7-5-11)16-13(18)15-9-8-14-10(2)17/h4-7H,3,8-9H2,1-2H3,(H,14,17)(H2,15,16,18). The number of anilines is 1. The minimum atomic E-state index is -0.0363. The van der Waals surface area contributed by atoms with E-state index in [2.05, 4.69) is 35.0 Å². The van der Waals surface area contributed by atoms with Gasteiger partial charge in [0.2, 0.25) is 5.91 Å². The first-order valence-electron chi connectivity index (χ1n) is 6.00. The highest BCUT2D eigenvalue weighted by atomic mass is 32.1. The Hall–Kier alpha value is -1.62. The van der Waals surface area contributed by atoms with Crippen molar-refractivity contribution in [1.29, 1.82) is 0 Å². The molecule has 0 aliphatic heterocycles. The lowest BCUT2D eigenvalue weighted by Gasteiger charge is -2.11. The van der Waals surface area contributed by atoms with Crippen molar-refractivity contribution in [2.45, 2.75) is 20.3 Å². The van der Waals surface area contributed by atoms with Crippen LogP contribution in [0.4, 0.5) is 5.69 Å². The zero-order chi connectivity index (χ0) is 13.4. The average Bonchev–Trinajstić information content (AvgIpc) is 2.35. The van der Waals surface area contributed by atoms with Gasteiger partial charge in [-0.1, -0.05) is 19.1 Å². The van der Waals surface area contributed by atoms with Crippen molar-refractivity contribution in [3.63, 3.8) is 0 Å². The third-order valence-electron chi connectivity index (χ3n) is 2.40. The first-order valence-corrected chi connectivity index (χ1v) is 6.41. The van der Waals surface area contributed by atoms with Crippen LogP contribution in [0.2, 0.25) is 0 Å². The van der Waals surface area contributed by atoms with Crippen LogP contribution in [0.5, 0.6) is 0 Å². The summed E-state index contributed by atoms with van der Waals surface area (Å²) in [6, 6.07) is 8.14. The second-order valence-electron chi connectivity index (χ2n) is 3.91. The fraction of sp³-hybridized carbons (Fsp3) is 0.385. The van der Waals surface area contributed by atoms with Gasteiger partial charge in [-0.3, -0.25) is 4.79 Å². The first-order chi connectivity index (χ1) is 8.61. The summed E-state index contributed by atoms with van der Waals surface area (Å²) in [6.07, 6.45) is 1.03. The van der Waals surface area contributed by atoms with E-state index in [4.69, 9.17) is 12.2 Å². The number of hydrogen-bond donors (Lipinski definition) is 3. The molecular formula is C13H19N3OS. The molecular weight excluding hydrogens is 246 g/mol. The quantitative estimate of drug-likeness (QED) is 0.560. The predicted molar refractivity (Wildman–Crippen MR) is 78.7 cm³/mol. The van der Waals surface area contributed by atoms with Crippen molar-refractivity contribution in [1.82, 2.24) is 10.6 Å². The molecule has 5 heteroatoms. The van der Waals surface area contributed by atoms with E-state index in [1.54, 1.807) is 0 Å². The Morgan fingerprint density at radius 3 is 2.33 bits per heavy atom. The minimum Gasteiger partial charge on any atom is -0.361 e. The highest BCUT2D eigenvalue weighted by Crippen LogP contribution is 2.09. The fourth-order valence-corrected chi connectivity index (χ4v) is 1.63. The van der Waals surface area contributed by atoms with Crippen molar-refractivity contribution >= 4 is 28.9 Å². The molecule has 3 N–H and O–H groups in total. The summed E-state index contributed by atoms with van der Waals surface area (Å²) in [5, 5.41) is 9.36. The molecule has 1 aromatic rings. The Morgan fingerprint density at radius 2 is 1.78 bits per heavy atom. The van der Waals surface area contributed by atoms with Crippen molar-refractivity contribution in [3.05, 3.63) is 29.8 Å². The van der Waals surface area contributed by atoms with Gasteiger partial charge in [0.25, 0.3) is 0 Å². The Bertz CT molecular complexity index is 403. The molecule has 1 aromatic carbocycles. The van der Waals surface area contributed by atoms with E-state index >= 15 is 0 Å². The summed E-state index contributed by atoms with van der Waals surface area (Å²) in [5.41, 5.74) is 2.26. The Morgan fingerprint density at radius 1 is 1.17 bits per heavy atom. The predicted octanol–water partition coefficient (Wildman–Crippen LogP) is 1.67. The van der Waals surface area contributed by atoms with Crippen molar-refractivity contribution in [2.75, 3.05) is 18.4 Å². The molecule has 0 aliphatic rings. The molecule has 1 amide bonds. The number of nitrogens with one attached hydrogen (secondary N) is 3. The molecule has 0 fully saturated rings. The molecule has 0 aliphatic carbocycles. The van der Waals surface area contributed by atoms with Crippen LogP contribution in [0.25, 0.3) is 0 Å². The molecule has 0 aromatic heterocycles. The number of amides is 1. The van der Waals surface area contributed by atoms with E-state index in [1.807, 2.05) is 12.1 Å². The van der Waals surface area contributed by atoms with Crippen molar-refractivity contribution in [3.8, 4) is 0 Å². The average molecular weight is 265 g/mol. The van der Waals surface area contributed by atoms with Gasteiger partial charge in [-0.15, -0.1) is 0 Å². The van der Waals surface area contributed by atoms with E-state index in [0.29, 0.717) is 18.2 Å². The summed E-state index contributed by atoms with van der Waals surface area (Å²) >= 11 is 5.14. The third kappa shape index (κ3) is 5.63. The van der Waals surface area contributed by atoms with Crippen LogP contribution in [-0.4, -0.2) is 24.1 Å². The lowest BCUT2D eigenvalue weighted by molar-refractivity contribution is -0.118. The number of thiocarbonyl (C=S) groups is 1. The minimum absolute atomic E-state index is 0.0363. The van der Waals surface area contributed by atoms with Crippen LogP contribution in [0.3, 0.4) is 0 Å². The second-order valence-corrected chi connectivity index (χ2v) is 4.32. The van der Waals surface area contributed by atoms with Crippen LogP contribution in [0, 0.1) is 0 Å². The van der Waals surface area contributed by atoms with Gasteiger partial charge in [0.05, 0.1) is 0 Å². The van der Waals surface area contributed by atoms with Crippen molar-refractivity contribution < 1.29 is 4.79 Å². The van der Waals surface area contributed by atoms with Gasteiger partial charge in [-0.05, 0) is 36.3 Å². The van der Waals surface area contributed by atoms with Gasteiger partial charge in [0.1, 0.15) is 0 Å². The van der Waals surface area contributed by atoms with Crippen molar-refractivity contribution in [2.24, 2.45) is 0 Å². The molecule has 0 radical (unpaired) electrons. The Labute approximate surface area is 113 Å². The van der Waals surface area contributed by atoms with Gasteiger partial charge >= 0.3 is 0 Å². The molecule has 0 saturated heterocycles. The summed E-state index contributed by atoms with van der Waals surface area (Å²) in [4.78, 5) is 10.7. The topological polar surface area (TPSA) is 53.2 Å². The normalized spacial score (nSPS) is 9.67. The van der Waals surface area contributed by atoms with E-state index in [0.717, 1.165) is 12.1 Å². The molecule has 0 saturated carbocycles. The lowest BCUT2D eigenvalue weighted by Crippen LogP contribution is -2.35. The lowest BCUT2D eigenvalue weighted by atomic mass is 10.1. The molecule has 0 heterocycles. The van der Waals surface area contributed by atoms with E-state index in [-0.39, 0.29) is 5.91 Å². The zero-order valence-electron chi connectivity index (χ0n) is 10.7. The maximum absolute atomic E-state index is 10.7. The van der Waals surface area contributed by atoms with Crippen LogP contribution in [0.1, 0.15) is 19.4 Å². The van der Waals surface area contributed by atoms with Gasteiger partial charge in [-0.2, -0.15) is 0 Å². The number of carbonyl (C=O) groups excluding carboxylic acids is 1. The molecule has 98 valence electrons. The molecule has 4 nitrogen and oxygen atoms in total. The number of carbonyl (C=O) groups is 1. The molecule has 0 spiro atoms. The highest BCUT2D eigenvalue weighted by Gasteiger charge is 1.97. The smallest absolute Gasteiger partial charge is 0.216 e. The number of hydrogen-bond acceptors (Lipinski definition) is 2. The zero-order valence-corrected chi connectivity index (χ0v) is 11.6. The molecule has 0 bridgehead atoms. The van der Waals surface area contributed by atoms with E-state index in [9.17, 15) is 4.79 Å². The van der Waals surface area contributed by atoms with Crippen LogP contribution < -0.4 is 16.0 Å². The highest BCUT2D eigenvalue weighted by molar-refractivity contribution is 7.80. The number of aryl methyl sites for hydroxylation is 1. The summed E-state index contributed by atoms with van der Waals surface area (Å²) in [5.74, 6) is -0.0363. The summed E-state index contributed by atoms with van der Waals surface area (Å²) in [6.45, 7) is 4.78. The van der Waals surface area contributed by atoms with Gasteiger partial charge in [-0.25, -0.2) is 0 Å². The van der Waals surface area contributed by atoms with Gasteiger partial charge in [0.15, 0.2) is 5.11 Å². The fourth-order valence-electron chi connectivity index (χ4n) is 1.41. The SMILES string of the molecule is CCc1ccc(NC(=S)NCCNC(C)=O)cc1. The largest absolute Gasteiger partial charge is 0.361 e. The maximum Gasteiger partial charge on any atom is 0.216 e. The maximum atomic E-state index is 10.7.